The maximum Gasteiger partial charge on any atom is 0.120 e. The van der Waals surface area contributed by atoms with Gasteiger partial charge >= 0.3 is 0 Å². The fraction of sp³-hybridized carbons (Fsp3) is 0.250. The normalized spacial score (nSPS) is 12.5. The summed E-state index contributed by atoms with van der Waals surface area (Å²) in [6.45, 7) is 1.77. The second-order valence-corrected chi connectivity index (χ2v) is 3.62. The van der Waals surface area contributed by atoms with Gasteiger partial charge in [-0.25, -0.2) is 4.21 Å². The summed E-state index contributed by atoms with van der Waals surface area (Å²) in [5, 5.41) is 9.27. The van der Waals surface area contributed by atoms with E-state index in [9.17, 15) is 9.32 Å². The van der Waals surface area contributed by atoms with Gasteiger partial charge in [0.25, 0.3) is 0 Å². The smallest absolute Gasteiger partial charge is 0.120 e. The van der Waals surface area contributed by atoms with Gasteiger partial charge in [0.1, 0.15) is 16.7 Å². The molecule has 0 heterocycles. The molecule has 0 spiro atoms. The van der Waals surface area contributed by atoms with Crippen molar-refractivity contribution in [3.05, 3.63) is 23.8 Å². The zero-order valence-corrected chi connectivity index (χ0v) is 7.81. The molecule has 0 aliphatic carbocycles. The van der Waals surface area contributed by atoms with Crippen LogP contribution in [0.25, 0.3) is 0 Å². The first-order valence-electron chi connectivity index (χ1n) is 3.50. The minimum atomic E-state index is -1.10. The van der Waals surface area contributed by atoms with E-state index in [0.29, 0.717) is 11.3 Å². The van der Waals surface area contributed by atoms with Gasteiger partial charge < -0.3 is 9.83 Å². The van der Waals surface area contributed by atoms with Crippen LogP contribution in [0.2, 0.25) is 0 Å². The Labute approximate surface area is 74.0 Å². The molecule has 3 nitrogen and oxygen atoms in total. The molecule has 0 aliphatic heterocycles. The topological polar surface area (TPSA) is 49.3 Å². The lowest BCUT2D eigenvalue weighted by molar-refractivity contribution is 0.471. The molecule has 0 radical (unpaired) electrons. The summed E-state index contributed by atoms with van der Waals surface area (Å²) in [4.78, 5) is 0. The van der Waals surface area contributed by atoms with Crippen molar-refractivity contribution >= 4 is 16.7 Å². The molecule has 0 aromatic heterocycles. The van der Waals surface area contributed by atoms with Gasteiger partial charge in [0.15, 0.2) is 0 Å². The molecule has 2 N–H and O–H groups in total. The second-order valence-electron chi connectivity index (χ2n) is 2.51. The van der Waals surface area contributed by atoms with Gasteiger partial charge in [0.05, 0.1) is 5.69 Å². The molecule has 0 fully saturated rings. The van der Waals surface area contributed by atoms with Gasteiger partial charge in [-0.1, -0.05) is 6.07 Å². The van der Waals surface area contributed by atoms with Gasteiger partial charge in [-0.15, -0.1) is 0 Å². The second kappa shape index (κ2) is 3.58. The molecule has 66 valence electrons. The lowest BCUT2D eigenvalue weighted by Gasteiger charge is -2.06. The molecule has 4 heteroatoms. The number of aromatic hydroxyl groups is 1. The Bertz CT molecular complexity index is 312. The van der Waals surface area contributed by atoms with E-state index in [1.807, 2.05) is 0 Å². The van der Waals surface area contributed by atoms with E-state index in [1.54, 1.807) is 31.4 Å². The predicted octanol–water partition coefficient (Wildman–Crippen LogP) is 1.41. The van der Waals surface area contributed by atoms with E-state index < -0.39 is 11.0 Å². The highest BCUT2D eigenvalue weighted by Gasteiger charge is 2.01. The number of hydrogen-bond acceptors (Lipinski definition) is 2. The first-order chi connectivity index (χ1) is 5.61. The summed E-state index contributed by atoms with van der Waals surface area (Å²) in [5.74, 6) is 0.213. The molecular weight excluding hydrogens is 174 g/mol. The van der Waals surface area contributed by atoms with Crippen LogP contribution in [0.5, 0.6) is 5.75 Å². The Morgan fingerprint density at radius 1 is 1.50 bits per heavy atom. The minimum absolute atomic E-state index is 0.213. The lowest BCUT2D eigenvalue weighted by Crippen LogP contribution is -2.02. The van der Waals surface area contributed by atoms with Crippen molar-refractivity contribution in [2.75, 3.05) is 11.0 Å². The van der Waals surface area contributed by atoms with Crippen LogP contribution in [0.1, 0.15) is 5.56 Å². The molecule has 1 aromatic carbocycles. The van der Waals surface area contributed by atoms with Crippen molar-refractivity contribution in [1.29, 1.82) is 0 Å². The molecular formula is C8H11NO2S. The molecule has 0 saturated heterocycles. The molecule has 1 aromatic rings. The summed E-state index contributed by atoms with van der Waals surface area (Å²) < 4.78 is 13.5. The predicted molar refractivity (Wildman–Crippen MR) is 50.5 cm³/mol. The summed E-state index contributed by atoms with van der Waals surface area (Å²) in [6, 6.07) is 5.08. The zero-order chi connectivity index (χ0) is 9.14. The van der Waals surface area contributed by atoms with Crippen LogP contribution >= 0.6 is 0 Å². The summed E-state index contributed by atoms with van der Waals surface area (Å²) in [6.07, 6.45) is 1.55. The number of hydrogen-bond donors (Lipinski definition) is 2. The van der Waals surface area contributed by atoms with Crippen LogP contribution in [0.3, 0.4) is 0 Å². The third kappa shape index (κ3) is 1.98. The maximum absolute atomic E-state index is 10.8. The van der Waals surface area contributed by atoms with Crippen LogP contribution in [0.4, 0.5) is 5.69 Å². The average Bonchev–Trinajstić information content (AvgIpc) is 1.98. The van der Waals surface area contributed by atoms with E-state index in [1.165, 1.54) is 0 Å². The number of benzene rings is 1. The zero-order valence-electron chi connectivity index (χ0n) is 7.00. The van der Waals surface area contributed by atoms with Crippen molar-refractivity contribution in [3.63, 3.8) is 0 Å². The first-order valence-corrected chi connectivity index (χ1v) is 5.05. The molecule has 1 rings (SSSR count). The Kier molecular flexibility index (Phi) is 2.70. The highest BCUT2D eigenvalue weighted by atomic mass is 32.2. The molecule has 1 atom stereocenters. The molecule has 1 unspecified atom stereocenters. The average molecular weight is 185 g/mol. The van der Waals surface area contributed by atoms with Gasteiger partial charge in [0, 0.05) is 11.8 Å². The Morgan fingerprint density at radius 3 is 2.75 bits per heavy atom. The van der Waals surface area contributed by atoms with E-state index in [4.69, 9.17) is 0 Å². The maximum atomic E-state index is 10.8. The molecule has 0 aliphatic rings. The van der Waals surface area contributed by atoms with E-state index in [-0.39, 0.29) is 5.75 Å². The fourth-order valence-corrected chi connectivity index (χ4v) is 1.42. The minimum Gasteiger partial charge on any atom is -0.508 e. The molecule has 12 heavy (non-hydrogen) atoms. The quantitative estimate of drug-likeness (QED) is 0.731. The van der Waals surface area contributed by atoms with E-state index in [0.717, 1.165) is 0 Å². The fourth-order valence-electron chi connectivity index (χ4n) is 0.889. The van der Waals surface area contributed by atoms with Crippen molar-refractivity contribution in [2.45, 2.75) is 6.92 Å². The summed E-state index contributed by atoms with van der Waals surface area (Å²) in [7, 11) is -1.10. The number of phenols is 1. The highest BCUT2D eigenvalue weighted by molar-refractivity contribution is 7.85. The SMILES string of the molecule is Cc1c(O)cccc1NS(C)=O. The largest absolute Gasteiger partial charge is 0.508 e. The Morgan fingerprint density at radius 2 is 2.17 bits per heavy atom. The van der Waals surface area contributed by atoms with Crippen LogP contribution in [0, 0.1) is 6.92 Å². The van der Waals surface area contributed by atoms with Crippen molar-refractivity contribution in [3.8, 4) is 5.75 Å². The highest BCUT2D eigenvalue weighted by Crippen LogP contribution is 2.23. The standard InChI is InChI=1S/C8H11NO2S/c1-6-7(9-12(2)11)4-3-5-8(6)10/h3-5,9-10H,1-2H3. The van der Waals surface area contributed by atoms with Crippen molar-refractivity contribution in [1.82, 2.24) is 0 Å². The van der Waals surface area contributed by atoms with E-state index >= 15 is 0 Å². The van der Waals surface area contributed by atoms with Gasteiger partial charge in [-0.2, -0.15) is 0 Å². The van der Waals surface area contributed by atoms with Gasteiger partial charge in [-0.05, 0) is 19.1 Å². The van der Waals surface area contributed by atoms with Crippen molar-refractivity contribution in [2.24, 2.45) is 0 Å². The lowest BCUT2D eigenvalue weighted by atomic mass is 10.2. The summed E-state index contributed by atoms with van der Waals surface area (Å²) in [5.41, 5.74) is 1.42. The number of nitrogens with one attached hydrogen (secondary N) is 1. The van der Waals surface area contributed by atoms with Crippen LogP contribution in [-0.2, 0) is 11.0 Å². The first kappa shape index (κ1) is 9.06. The number of anilines is 1. The third-order valence-corrected chi connectivity index (χ3v) is 2.07. The summed E-state index contributed by atoms with van der Waals surface area (Å²) >= 11 is 0. The van der Waals surface area contributed by atoms with Gasteiger partial charge in [-0.3, -0.25) is 0 Å². The van der Waals surface area contributed by atoms with Crippen LogP contribution in [-0.4, -0.2) is 15.6 Å². The molecule has 0 amide bonds. The van der Waals surface area contributed by atoms with Gasteiger partial charge in [0.2, 0.25) is 0 Å². The van der Waals surface area contributed by atoms with E-state index in [2.05, 4.69) is 4.72 Å². The molecule has 0 bridgehead atoms. The number of phenolic OH excluding ortho intramolecular Hbond substituents is 1. The van der Waals surface area contributed by atoms with Crippen LogP contribution < -0.4 is 4.72 Å². The van der Waals surface area contributed by atoms with Crippen molar-refractivity contribution < 1.29 is 9.32 Å². The Balaban J connectivity index is 3.00. The Hall–Kier alpha value is -1.03. The number of rotatable bonds is 2. The molecule has 0 saturated carbocycles. The van der Waals surface area contributed by atoms with Crippen LogP contribution in [0.15, 0.2) is 18.2 Å². The monoisotopic (exact) mass is 185 g/mol. The third-order valence-electron chi connectivity index (χ3n) is 1.56.